The molecule has 32 heavy (non-hydrogen) atoms. The predicted octanol–water partition coefficient (Wildman–Crippen LogP) is 4.03. The topological polar surface area (TPSA) is 105 Å². The molecule has 0 aliphatic heterocycles. The van der Waals surface area contributed by atoms with Gasteiger partial charge in [-0.3, -0.25) is 4.79 Å². The number of nitrogens with zero attached hydrogens (tertiary/aromatic N) is 1. The van der Waals surface area contributed by atoms with Gasteiger partial charge in [0, 0.05) is 34.1 Å². The number of benzene rings is 2. The van der Waals surface area contributed by atoms with Crippen molar-refractivity contribution in [1.29, 1.82) is 0 Å². The number of H-pyrrole nitrogens is 1. The van der Waals surface area contributed by atoms with Crippen molar-refractivity contribution >= 4 is 40.7 Å². The molecule has 0 bridgehead atoms. The fourth-order valence-corrected chi connectivity index (χ4v) is 3.38. The van der Waals surface area contributed by atoms with Crippen molar-refractivity contribution < 1.29 is 19.1 Å². The molecule has 168 valence electrons. The van der Waals surface area contributed by atoms with Crippen molar-refractivity contribution in [2.24, 2.45) is 5.10 Å². The van der Waals surface area contributed by atoms with E-state index < -0.39 is 18.0 Å². The molecule has 3 aromatic rings. The number of rotatable bonds is 9. The van der Waals surface area contributed by atoms with Crippen LogP contribution >= 0.6 is 11.6 Å². The average Bonchev–Trinajstić information content (AvgIpc) is 3.18. The van der Waals surface area contributed by atoms with Gasteiger partial charge in [0.1, 0.15) is 11.8 Å². The lowest BCUT2D eigenvalue weighted by Crippen LogP contribution is -2.47. The second-order valence-electron chi connectivity index (χ2n) is 6.83. The molecule has 1 heterocycles. The number of amides is 2. The SMILES string of the molecule is CCOC(=O)N[C@H](Cc1c[nH]c2ccccc12)C(=O)N/N=C\c1cc(Cl)ccc1OCC. The Morgan fingerprint density at radius 1 is 1.19 bits per heavy atom. The van der Waals surface area contributed by atoms with Crippen molar-refractivity contribution in [2.75, 3.05) is 13.2 Å². The Morgan fingerprint density at radius 3 is 2.78 bits per heavy atom. The number of alkyl carbamates (subject to hydrolysis) is 1. The highest BCUT2D eigenvalue weighted by Crippen LogP contribution is 2.21. The lowest BCUT2D eigenvalue weighted by atomic mass is 10.0. The van der Waals surface area contributed by atoms with E-state index in [1.54, 1.807) is 25.1 Å². The summed E-state index contributed by atoms with van der Waals surface area (Å²) in [6.45, 7) is 4.23. The first-order chi connectivity index (χ1) is 15.5. The number of para-hydroxylation sites is 1. The molecule has 0 radical (unpaired) electrons. The molecule has 0 aliphatic carbocycles. The summed E-state index contributed by atoms with van der Waals surface area (Å²) in [6.07, 6.45) is 2.85. The van der Waals surface area contributed by atoms with Gasteiger partial charge >= 0.3 is 6.09 Å². The minimum absolute atomic E-state index is 0.195. The van der Waals surface area contributed by atoms with Gasteiger partial charge in [0.25, 0.3) is 5.91 Å². The zero-order valence-corrected chi connectivity index (χ0v) is 18.6. The van der Waals surface area contributed by atoms with E-state index in [2.05, 4.69) is 20.8 Å². The number of hydrazone groups is 1. The number of aromatic nitrogens is 1. The summed E-state index contributed by atoms with van der Waals surface area (Å²) >= 11 is 6.05. The largest absolute Gasteiger partial charge is 0.493 e. The maximum atomic E-state index is 12.9. The number of nitrogens with one attached hydrogen (secondary N) is 3. The highest BCUT2D eigenvalue weighted by molar-refractivity contribution is 6.30. The van der Waals surface area contributed by atoms with Gasteiger partial charge in [0.15, 0.2) is 0 Å². The molecular weight excluding hydrogens is 432 g/mol. The van der Waals surface area contributed by atoms with E-state index in [-0.39, 0.29) is 13.0 Å². The van der Waals surface area contributed by atoms with E-state index in [4.69, 9.17) is 21.1 Å². The smallest absolute Gasteiger partial charge is 0.407 e. The minimum Gasteiger partial charge on any atom is -0.493 e. The van der Waals surface area contributed by atoms with Crippen LogP contribution in [0.5, 0.6) is 5.75 Å². The average molecular weight is 457 g/mol. The lowest BCUT2D eigenvalue weighted by Gasteiger charge is -2.16. The fourth-order valence-electron chi connectivity index (χ4n) is 3.20. The van der Waals surface area contributed by atoms with Crippen LogP contribution in [0.15, 0.2) is 53.8 Å². The molecule has 0 aliphatic rings. The van der Waals surface area contributed by atoms with Crippen LogP contribution in [-0.4, -0.2) is 42.5 Å². The number of carbonyl (C=O) groups is 2. The highest BCUT2D eigenvalue weighted by Gasteiger charge is 2.23. The third-order valence-electron chi connectivity index (χ3n) is 4.63. The number of aromatic amines is 1. The Balaban J connectivity index is 1.76. The maximum Gasteiger partial charge on any atom is 0.407 e. The molecule has 0 spiro atoms. The van der Waals surface area contributed by atoms with Gasteiger partial charge in [-0.2, -0.15) is 5.10 Å². The van der Waals surface area contributed by atoms with Gasteiger partial charge in [-0.25, -0.2) is 10.2 Å². The molecule has 3 N–H and O–H groups in total. The van der Waals surface area contributed by atoms with Crippen LogP contribution in [0.3, 0.4) is 0 Å². The van der Waals surface area contributed by atoms with Crippen LogP contribution in [0.1, 0.15) is 25.0 Å². The summed E-state index contributed by atoms with van der Waals surface area (Å²) in [5.74, 6) is 0.106. The Morgan fingerprint density at radius 2 is 2.00 bits per heavy atom. The number of ether oxygens (including phenoxy) is 2. The number of carbonyl (C=O) groups excluding carboxylic acids is 2. The van der Waals surface area contributed by atoms with Crippen molar-refractivity contribution in [2.45, 2.75) is 26.3 Å². The predicted molar refractivity (Wildman–Crippen MR) is 124 cm³/mol. The van der Waals surface area contributed by atoms with E-state index in [9.17, 15) is 9.59 Å². The molecule has 2 aromatic carbocycles. The summed E-state index contributed by atoms with van der Waals surface area (Å²) in [4.78, 5) is 28.0. The zero-order chi connectivity index (χ0) is 22.9. The molecule has 3 rings (SSSR count). The number of fused-ring (bicyclic) bond motifs is 1. The number of hydrogen-bond acceptors (Lipinski definition) is 5. The van der Waals surface area contributed by atoms with Crippen molar-refractivity contribution in [3.63, 3.8) is 0 Å². The minimum atomic E-state index is -0.892. The van der Waals surface area contributed by atoms with E-state index in [0.717, 1.165) is 16.5 Å². The molecule has 8 nitrogen and oxygen atoms in total. The van der Waals surface area contributed by atoms with E-state index >= 15 is 0 Å². The Kier molecular flexibility index (Phi) is 8.10. The van der Waals surface area contributed by atoms with Gasteiger partial charge in [-0.05, 0) is 43.7 Å². The Bertz CT molecular complexity index is 1110. The first-order valence-electron chi connectivity index (χ1n) is 10.2. The second kappa shape index (κ2) is 11.2. The molecule has 2 amide bonds. The van der Waals surface area contributed by atoms with Crippen LogP contribution in [0.2, 0.25) is 5.02 Å². The van der Waals surface area contributed by atoms with E-state index in [0.29, 0.717) is 22.9 Å². The molecule has 0 unspecified atom stereocenters. The van der Waals surface area contributed by atoms with Crippen LogP contribution < -0.4 is 15.5 Å². The zero-order valence-electron chi connectivity index (χ0n) is 17.9. The fraction of sp³-hybridized carbons (Fsp3) is 0.261. The molecule has 1 aromatic heterocycles. The first kappa shape index (κ1) is 23.1. The third kappa shape index (κ3) is 6.01. The van der Waals surface area contributed by atoms with Crippen molar-refractivity contribution in [3.8, 4) is 5.75 Å². The van der Waals surface area contributed by atoms with Gasteiger partial charge < -0.3 is 19.8 Å². The van der Waals surface area contributed by atoms with E-state index in [1.807, 2.05) is 37.4 Å². The van der Waals surface area contributed by atoms with Gasteiger partial charge in [0.05, 0.1) is 19.4 Å². The standard InChI is InChI=1S/C23H25ClN4O4/c1-3-31-21-10-9-17(24)11-16(21)14-26-28-22(29)20(27-23(30)32-4-2)12-15-13-25-19-8-6-5-7-18(15)19/h5-11,13-14,20,25H,3-4,12H2,1-2H3,(H,27,30)(H,28,29)/b26-14-/t20-/m1/s1. The summed E-state index contributed by atoms with van der Waals surface area (Å²) in [5.41, 5.74) is 4.93. The second-order valence-corrected chi connectivity index (χ2v) is 7.27. The third-order valence-corrected chi connectivity index (χ3v) is 4.87. The Labute approximate surface area is 190 Å². The lowest BCUT2D eigenvalue weighted by molar-refractivity contribution is -0.123. The molecule has 0 fully saturated rings. The van der Waals surface area contributed by atoms with Crippen molar-refractivity contribution in [1.82, 2.24) is 15.7 Å². The molecule has 0 saturated heterocycles. The summed E-state index contributed by atoms with van der Waals surface area (Å²) in [6, 6.07) is 12.0. The summed E-state index contributed by atoms with van der Waals surface area (Å²) in [7, 11) is 0. The van der Waals surface area contributed by atoms with Crippen LogP contribution in [0.25, 0.3) is 10.9 Å². The first-order valence-corrected chi connectivity index (χ1v) is 10.6. The molecular formula is C23H25ClN4O4. The van der Waals surface area contributed by atoms with Gasteiger partial charge in [-0.1, -0.05) is 29.8 Å². The quantitative estimate of drug-likeness (QED) is 0.334. The van der Waals surface area contributed by atoms with Crippen LogP contribution in [0.4, 0.5) is 4.79 Å². The number of halogens is 1. The summed E-state index contributed by atoms with van der Waals surface area (Å²) < 4.78 is 10.5. The normalized spacial score (nSPS) is 12.0. The van der Waals surface area contributed by atoms with Crippen LogP contribution in [-0.2, 0) is 16.0 Å². The number of hydrogen-bond donors (Lipinski definition) is 3. The molecule has 9 heteroatoms. The summed E-state index contributed by atoms with van der Waals surface area (Å²) in [5, 5.41) is 8.12. The monoisotopic (exact) mass is 456 g/mol. The van der Waals surface area contributed by atoms with Crippen molar-refractivity contribution in [3.05, 3.63) is 64.8 Å². The van der Waals surface area contributed by atoms with E-state index in [1.165, 1.54) is 6.21 Å². The molecule has 1 atom stereocenters. The molecule has 0 saturated carbocycles. The van der Waals surface area contributed by atoms with Gasteiger partial charge in [-0.15, -0.1) is 0 Å². The maximum absolute atomic E-state index is 12.9. The van der Waals surface area contributed by atoms with Gasteiger partial charge in [0.2, 0.25) is 0 Å². The van der Waals surface area contributed by atoms with Crippen LogP contribution in [0, 0.1) is 0 Å². The Hall–Kier alpha value is -3.52. The highest BCUT2D eigenvalue weighted by atomic mass is 35.5.